The summed E-state index contributed by atoms with van der Waals surface area (Å²) in [6, 6.07) is 1.29. The van der Waals surface area contributed by atoms with Crippen LogP contribution in [-0.2, 0) is 12.8 Å². The van der Waals surface area contributed by atoms with Gasteiger partial charge in [-0.25, -0.2) is 0 Å². The quantitative estimate of drug-likeness (QED) is 0.177. The fourth-order valence-electron chi connectivity index (χ4n) is 3.85. The molecule has 3 N–H and O–H groups in total. The summed E-state index contributed by atoms with van der Waals surface area (Å²) in [5.74, 6) is -0.131. The van der Waals surface area contributed by atoms with E-state index in [2.05, 4.69) is 41.5 Å². The van der Waals surface area contributed by atoms with Crippen LogP contribution in [-0.4, -0.2) is 15.3 Å². The maximum absolute atomic E-state index is 10.4. The average Bonchev–Trinajstić information content (AvgIpc) is 2.62. The highest BCUT2D eigenvalue weighted by Crippen LogP contribution is 2.39. The van der Waals surface area contributed by atoms with Crippen molar-refractivity contribution in [3.8, 4) is 17.2 Å². The molecule has 0 heterocycles. The van der Waals surface area contributed by atoms with Crippen LogP contribution in [0.5, 0.6) is 17.2 Å². The molecule has 1 aromatic carbocycles. The van der Waals surface area contributed by atoms with Crippen LogP contribution in [0.3, 0.4) is 0 Å². The van der Waals surface area contributed by atoms with Gasteiger partial charge in [-0.2, -0.15) is 0 Å². The molecule has 0 saturated carbocycles. The minimum Gasteiger partial charge on any atom is -0.508 e. The molecule has 168 valence electrons. The number of aromatic hydroxyl groups is 3. The van der Waals surface area contributed by atoms with Crippen LogP contribution in [0.2, 0.25) is 0 Å². The van der Waals surface area contributed by atoms with Crippen LogP contribution in [0.25, 0.3) is 0 Å². The molecule has 29 heavy (non-hydrogen) atoms. The van der Waals surface area contributed by atoms with Crippen molar-refractivity contribution in [3.05, 3.63) is 17.2 Å². The first-order chi connectivity index (χ1) is 13.5. The van der Waals surface area contributed by atoms with E-state index in [0.717, 1.165) is 43.2 Å². The maximum Gasteiger partial charge on any atom is 0.161 e. The molecule has 0 unspecified atom stereocenters. The summed E-state index contributed by atoms with van der Waals surface area (Å²) in [5.41, 5.74) is 2.35. The monoisotopic (exact) mass is 406 g/mol. The van der Waals surface area contributed by atoms with E-state index in [1.165, 1.54) is 44.6 Å². The highest BCUT2D eigenvalue weighted by Gasteiger charge is 2.18. The fourth-order valence-corrected chi connectivity index (χ4v) is 3.85. The molecule has 0 radical (unpaired) electrons. The van der Waals surface area contributed by atoms with Crippen molar-refractivity contribution in [2.45, 2.75) is 119 Å². The number of benzene rings is 1. The Hall–Kier alpha value is -1.38. The molecule has 0 aliphatic heterocycles. The molecule has 3 heteroatoms. The third-order valence-electron chi connectivity index (χ3n) is 6.32. The van der Waals surface area contributed by atoms with E-state index in [0.29, 0.717) is 17.3 Å². The van der Waals surface area contributed by atoms with Crippen molar-refractivity contribution in [2.24, 2.45) is 10.8 Å². The Bertz CT molecular complexity index is 611. The number of phenols is 3. The second-order valence-electron chi connectivity index (χ2n) is 10.8. The van der Waals surface area contributed by atoms with E-state index in [1.54, 1.807) is 0 Å². The van der Waals surface area contributed by atoms with Crippen LogP contribution in [0.15, 0.2) is 6.07 Å². The molecule has 0 fully saturated rings. The van der Waals surface area contributed by atoms with Crippen molar-refractivity contribution < 1.29 is 15.3 Å². The predicted octanol–water partition coefficient (Wildman–Crippen LogP) is 7.88. The van der Waals surface area contributed by atoms with Gasteiger partial charge in [-0.15, -0.1) is 0 Å². The molecule has 0 saturated heterocycles. The van der Waals surface area contributed by atoms with E-state index in [9.17, 15) is 15.3 Å². The van der Waals surface area contributed by atoms with Crippen LogP contribution in [0, 0.1) is 10.8 Å². The van der Waals surface area contributed by atoms with Crippen LogP contribution in [0.1, 0.15) is 117 Å². The Kier molecular flexibility index (Phi) is 10.4. The Balaban J connectivity index is 2.57. The predicted molar refractivity (Wildman–Crippen MR) is 124 cm³/mol. The zero-order valence-electron chi connectivity index (χ0n) is 19.9. The second kappa shape index (κ2) is 11.7. The summed E-state index contributed by atoms with van der Waals surface area (Å²) in [4.78, 5) is 0. The van der Waals surface area contributed by atoms with Gasteiger partial charge in [0.1, 0.15) is 5.75 Å². The second-order valence-corrected chi connectivity index (χ2v) is 10.8. The highest BCUT2D eigenvalue weighted by molar-refractivity contribution is 5.55. The smallest absolute Gasteiger partial charge is 0.161 e. The largest absolute Gasteiger partial charge is 0.508 e. The molecule has 0 spiro atoms. The van der Waals surface area contributed by atoms with Gasteiger partial charge in [-0.3, -0.25) is 0 Å². The van der Waals surface area contributed by atoms with Crippen LogP contribution < -0.4 is 0 Å². The lowest BCUT2D eigenvalue weighted by atomic mass is 9.84. The van der Waals surface area contributed by atoms with E-state index in [4.69, 9.17) is 0 Å². The lowest BCUT2D eigenvalue weighted by Crippen LogP contribution is -2.08. The zero-order chi connectivity index (χ0) is 22.1. The lowest BCUT2D eigenvalue weighted by molar-refractivity contribution is 0.307. The summed E-state index contributed by atoms with van der Waals surface area (Å²) in [6.45, 7) is 13.7. The average molecular weight is 407 g/mol. The third-order valence-corrected chi connectivity index (χ3v) is 6.32. The number of phenolic OH excluding ortho intramolecular Hbond substituents is 3. The van der Waals surface area contributed by atoms with Gasteiger partial charge in [-0.05, 0) is 49.4 Å². The zero-order valence-corrected chi connectivity index (χ0v) is 19.9. The van der Waals surface area contributed by atoms with Gasteiger partial charge >= 0.3 is 0 Å². The van der Waals surface area contributed by atoms with E-state index in [1.807, 2.05) is 0 Å². The Morgan fingerprint density at radius 3 is 1.76 bits per heavy atom. The van der Waals surface area contributed by atoms with Gasteiger partial charge < -0.3 is 15.3 Å². The van der Waals surface area contributed by atoms with Crippen molar-refractivity contribution in [1.29, 1.82) is 0 Å². The molecule has 0 aliphatic carbocycles. The Morgan fingerprint density at radius 2 is 1.17 bits per heavy atom. The van der Waals surface area contributed by atoms with Crippen LogP contribution in [0.4, 0.5) is 0 Å². The van der Waals surface area contributed by atoms with Gasteiger partial charge in [0.15, 0.2) is 11.5 Å². The van der Waals surface area contributed by atoms with Crippen LogP contribution >= 0.6 is 0 Å². The molecule has 0 amide bonds. The third kappa shape index (κ3) is 9.78. The van der Waals surface area contributed by atoms with E-state index >= 15 is 0 Å². The van der Waals surface area contributed by atoms with Crippen molar-refractivity contribution in [1.82, 2.24) is 0 Å². The van der Waals surface area contributed by atoms with Gasteiger partial charge in [0, 0.05) is 17.2 Å². The van der Waals surface area contributed by atoms with Gasteiger partial charge in [0.2, 0.25) is 0 Å². The standard InChI is InChI=1S/C26H46O3/c1-7-26(5,6)18-14-9-8-11-15-20-21(24(29)23(28)19-22(20)27)16-12-10-13-17-25(2,3)4/h19,27-29H,7-18H2,1-6H3. The fraction of sp³-hybridized carbons (Fsp3) is 0.769. The first-order valence-electron chi connectivity index (χ1n) is 11.7. The van der Waals surface area contributed by atoms with Gasteiger partial charge in [0.05, 0.1) is 0 Å². The molecular formula is C26H46O3. The van der Waals surface area contributed by atoms with E-state index in [-0.39, 0.29) is 17.2 Å². The molecule has 0 aromatic heterocycles. The first-order valence-corrected chi connectivity index (χ1v) is 11.7. The maximum atomic E-state index is 10.4. The molecule has 1 rings (SSSR count). The number of unbranched alkanes of at least 4 members (excludes halogenated alkanes) is 5. The summed E-state index contributed by atoms with van der Waals surface area (Å²) < 4.78 is 0. The first kappa shape index (κ1) is 25.7. The molecule has 0 bridgehead atoms. The normalized spacial score (nSPS) is 12.5. The SMILES string of the molecule is CCC(C)(C)CCCCCCc1c(O)cc(O)c(O)c1CCCCCC(C)(C)C. The summed E-state index contributed by atoms with van der Waals surface area (Å²) in [6.07, 6.45) is 12.9. The molecule has 0 atom stereocenters. The Labute approximate surface area is 179 Å². The van der Waals surface area contributed by atoms with Crippen molar-refractivity contribution in [3.63, 3.8) is 0 Å². The molecule has 1 aromatic rings. The summed E-state index contributed by atoms with van der Waals surface area (Å²) in [7, 11) is 0. The van der Waals surface area contributed by atoms with Gasteiger partial charge in [-0.1, -0.05) is 80.1 Å². The Morgan fingerprint density at radius 1 is 0.655 bits per heavy atom. The number of hydrogen-bond acceptors (Lipinski definition) is 3. The summed E-state index contributed by atoms with van der Waals surface area (Å²) in [5, 5.41) is 30.7. The highest BCUT2D eigenvalue weighted by atomic mass is 16.3. The van der Waals surface area contributed by atoms with Gasteiger partial charge in [0.25, 0.3) is 0 Å². The van der Waals surface area contributed by atoms with Crippen molar-refractivity contribution in [2.75, 3.05) is 0 Å². The number of hydrogen-bond donors (Lipinski definition) is 3. The van der Waals surface area contributed by atoms with Crippen molar-refractivity contribution >= 4 is 0 Å². The molecular weight excluding hydrogens is 360 g/mol. The number of rotatable bonds is 13. The van der Waals surface area contributed by atoms with E-state index < -0.39 is 0 Å². The minimum atomic E-state index is -0.210. The molecule has 0 aliphatic rings. The molecule has 3 nitrogen and oxygen atoms in total. The summed E-state index contributed by atoms with van der Waals surface area (Å²) >= 11 is 0. The lowest BCUT2D eigenvalue weighted by Gasteiger charge is -2.22. The minimum absolute atomic E-state index is 0.0432. The topological polar surface area (TPSA) is 60.7 Å².